The van der Waals surface area contributed by atoms with E-state index in [0.29, 0.717) is 37.2 Å². The van der Waals surface area contributed by atoms with Crippen LogP contribution in [0.5, 0.6) is 0 Å². The Hall–Kier alpha value is -3.60. The highest BCUT2D eigenvalue weighted by Crippen LogP contribution is 2.54. The van der Waals surface area contributed by atoms with Gasteiger partial charge in [0.15, 0.2) is 11.6 Å². The van der Waals surface area contributed by atoms with Crippen molar-refractivity contribution in [2.45, 2.75) is 58.4 Å². The van der Waals surface area contributed by atoms with Gasteiger partial charge in [-0.2, -0.15) is 0 Å². The maximum absolute atomic E-state index is 14.0. The Labute approximate surface area is 244 Å². The minimum Gasteiger partial charge on any atom is -0.379 e. The first-order valence-electron chi connectivity index (χ1n) is 14.6. The van der Waals surface area contributed by atoms with Crippen LogP contribution < -0.4 is 0 Å². The highest BCUT2D eigenvalue weighted by atomic mass is 16.5. The van der Waals surface area contributed by atoms with E-state index in [1.807, 2.05) is 52.0 Å². The standard InChI is InChI=1S/C37H41NO3/c1-8-14-37(15-9-2)31-22-27(34(39)33-25(4)20-24(3)21-26(33)5)10-12-29(31)30-13-11-28(23-32(30)37)35(40)36(6,7)38-16-18-41-19-17-38/h8-13,20-23H,1-2,14-19H2,3-7H3. The van der Waals surface area contributed by atoms with Crippen LogP contribution >= 0.6 is 0 Å². The van der Waals surface area contributed by atoms with Crippen LogP contribution in [0.2, 0.25) is 0 Å². The van der Waals surface area contributed by atoms with Crippen molar-refractivity contribution in [3.8, 4) is 11.1 Å². The zero-order chi connectivity index (χ0) is 29.5. The molecule has 4 heteroatoms. The van der Waals surface area contributed by atoms with Gasteiger partial charge in [0, 0.05) is 35.2 Å². The Morgan fingerprint density at radius 2 is 1.37 bits per heavy atom. The summed E-state index contributed by atoms with van der Waals surface area (Å²) < 4.78 is 5.53. The van der Waals surface area contributed by atoms with Gasteiger partial charge in [-0.25, -0.2) is 0 Å². The van der Waals surface area contributed by atoms with Gasteiger partial charge in [0.25, 0.3) is 0 Å². The number of morpholine rings is 1. The molecule has 0 saturated carbocycles. The first-order chi connectivity index (χ1) is 19.5. The third-order valence-corrected chi connectivity index (χ3v) is 9.13. The molecule has 2 aliphatic rings. The van der Waals surface area contributed by atoms with Crippen LogP contribution in [0.15, 0.2) is 73.8 Å². The topological polar surface area (TPSA) is 46.6 Å². The van der Waals surface area contributed by atoms with Crippen molar-refractivity contribution in [3.63, 3.8) is 0 Å². The van der Waals surface area contributed by atoms with Gasteiger partial charge in [-0.15, -0.1) is 13.2 Å². The molecule has 0 unspecified atom stereocenters. The summed E-state index contributed by atoms with van der Waals surface area (Å²) in [5, 5.41) is 0. The fourth-order valence-corrected chi connectivity index (χ4v) is 7.10. The number of ketones is 2. The summed E-state index contributed by atoms with van der Waals surface area (Å²) >= 11 is 0. The number of carbonyl (C=O) groups is 2. The van der Waals surface area contributed by atoms with E-state index in [1.54, 1.807) is 0 Å². The molecule has 1 heterocycles. The molecule has 0 bridgehead atoms. The van der Waals surface area contributed by atoms with E-state index in [0.717, 1.165) is 57.6 Å². The average molecular weight is 548 g/mol. The number of rotatable bonds is 9. The summed E-state index contributed by atoms with van der Waals surface area (Å²) in [7, 11) is 0. The Morgan fingerprint density at radius 1 is 0.854 bits per heavy atom. The van der Waals surface area contributed by atoms with Gasteiger partial charge in [0.05, 0.1) is 18.8 Å². The normalized spacial score (nSPS) is 16.1. The van der Waals surface area contributed by atoms with Crippen molar-refractivity contribution in [1.29, 1.82) is 0 Å². The van der Waals surface area contributed by atoms with Crippen LogP contribution in [0, 0.1) is 20.8 Å². The summed E-state index contributed by atoms with van der Waals surface area (Å²) in [6, 6.07) is 16.4. The molecule has 5 rings (SSSR count). The number of ether oxygens (including phenoxy) is 1. The van der Waals surface area contributed by atoms with Crippen LogP contribution in [0.25, 0.3) is 11.1 Å². The fourth-order valence-electron chi connectivity index (χ4n) is 7.10. The van der Waals surface area contributed by atoms with Crippen molar-refractivity contribution in [3.05, 3.63) is 118 Å². The predicted octanol–water partition coefficient (Wildman–Crippen LogP) is 7.56. The van der Waals surface area contributed by atoms with E-state index in [2.05, 4.69) is 61.4 Å². The van der Waals surface area contributed by atoms with Crippen molar-refractivity contribution in [2.75, 3.05) is 26.3 Å². The maximum atomic E-state index is 14.0. The number of Topliss-reactive ketones (excluding diaryl/α,β-unsaturated/α-hetero) is 1. The highest BCUT2D eigenvalue weighted by Gasteiger charge is 2.43. The molecular formula is C37H41NO3. The fraction of sp³-hybridized carbons (Fsp3) is 0.351. The third-order valence-electron chi connectivity index (χ3n) is 9.13. The van der Waals surface area contributed by atoms with Crippen molar-refractivity contribution < 1.29 is 14.3 Å². The van der Waals surface area contributed by atoms with Gasteiger partial charge in [-0.1, -0.05) is 54.1 Å². The monoisotopic (exact) mass is 547 g/mol. The molecule has 41 heavy (non-hydrogen) atoms. The highest BCUT2D eigenvalue weighted by molar-refractivity contribution is 6.11. The van der Waals surface area contributed by atoms with Crippen LogP contribution in [0.1, 0.15) is 80.8 Å². The third kappa shape index (κ3) is 4.83. The van der Waals surface area contributed by atoms with E-state index in [-0.39, 0.29) is 11.6 Å². The molecule has 212 valence electrons. The number of aryl methyl sites for hydroxylation is 3. The predicted molar refractivity (Wildman–Crippen MR) is 167 cm³/mol. The smallest absolute Gasteiger partial charge is 0.193 e. The second-order valence-electron chi connectivity index (χ2n) is 12.2. The number of hydrogen-bond donors (Lipinski definition) is 0. The van der Waals surface area contributed by atoms with E-state index < -0.39 is 11.0 Å². The lowest BCUT2D eigenvalue weighted by Gasteiger charge is -2.39. The van der Waals surface area contributed by atoms with E-state index in [1.165, 1.54) is 0 Å². The van der Waals surface area contributed by atoms with E-state index in [4.69, 9.17) is 4.74 Å². The van der Waals surface area contributed by atoms with Crippen LogP contribution in [0.4, 0.5) is 0 Å². The second kappa shape index (κ2) is 11.0. The Bertz CT molecular complexity index is 1520. The molecule has 3 aromatic rings. The lowest BCUT2D eigenvalue weighted by molar-refractivity contribution is -0.00430. The van der Waals surface area contributed by atoms with Crippen molar-refractivity contribution in [2.24, 2.45) is 0 Å². The van der Waals surface area contributed by atoms with E-state index in [9.17, 15) is 9.59 Å². The summed E-state index contributed by atoms with van der Waals surface area (Å²) in [6.45, 7) is 21.1. The van der Waals surface area contributed by atoms with Crippen molar-refractivity contribution in [1.82, 2.24) is 4.90 Å². The molecule has 1 fully saturated rings. The van der Waals surface area contributed by atoms with Gasteiger partial charge in [0.1, 0.15) is 0 Å². The van der Waals surface area contributed by atoms with Crippen LogP contribution in [-0.2, 0) is 10.2 Å². The molecule has 1 aliphatic heterocycles. The molecule has 0 spiro atoms. The molecule has 4 nitrogen and oxygen atoms in total. The van der Waals surface area contributed by atoms with Gasteiger partial charge in [-0.05, 0) is 93.0 Å². The zero-order valence-corrected chi connectivity index (χ0v) is 25.1. The molecule has 0 aromatic heterocycles. The van der Waals surface area contributed by atoms with Crippen molar-refractivity contribution >= 4 is 11.6 Å². The lowest BCUT2D eigenvalue weighted by Crippen LogP contribution is -2.54. The second-order valence-corrected chi connectivity index (χ2v) is 12.2. The van der Waals surface area contributed by atoms with Gasteiger partial charge in [0.2, 0.25) is 0 Å². The van der Waals surface area contributed by atoms with Gasteiger partial charge < -0.3 is 4.74 Å². The number of benzene rings is 3. The molecule has 0 N–H and O–H groups in total. The zero-order valence-electron chi connectivity index (χ0n) is 25.1. The minimum absolute atomic E-state index is 0.0352. The number of allylic oxidation sites excluding steroid dienone is 2. The summed E-state index contributed by atoms with van der Waals surface area (Å²) in [5.41, 5.74) is 8.57. The van der Waals surface area contributed by atoms with Gasteiger partial charge in [-0.3, -0.25) is 14.5 Å². The molecule has 1 aliphatic carbocycles. The number of fused-ring (bicyclic) bond motifs is 3. The molecular weight excluding hydrogens is 506 g/mol. The Kier molecular flexibility index (Phi) is 7.76. The SMILES string of the molecule is C=CCC1(CC=C)c2cc(C(=O)c3c(C)cc(C)cc3C)ccc2-c2ccc(C(=O)C(C)(C)N3CCOCC3)cc21. The number of carbonyl (C=O) groups excluding carboxylic acids is 2. The summed E-state index contributed by atoms with van der Waals surface area (Å²) in [6.07, 6.45) is 5.22. The average Bonchev–Trinajstić information content (AvgIpc) is 3.21. The Morgan fingerprint density at radius 3 is 1.90 bits per heavy atom. The first-order valence-corrected chi connectivity index (χ1v) is 14.6. The molecule has 3 aromatic carbocycles. The quantitative estimate of drug-likeness (QED) is 0.205. The molecule has 1 saturated heterocycles. The summed E-state index contributed by atoms with van der Waals surface area (Å²) in [5.74, 6) is 0.137. The van der Waals surface area contributed by atoms with E-state index >= 15 is 0 Å². The molecule has 0 amide bonds. The Balaban J connectivity index is 1.62. The first kappa shape index (κ1) is 28.9. The largest absolute Gasteiger partial charge is 0.379 e. The summed E-state index contributed by atoms with van der Waals surface area (Å²) in [4.78, 5) is 30.1. The maximum Gasteiger partial charge on any atom is 0.193 e. The lowest BCUT2D eigenvalue weighted by atomic mass is 9.72. The number of hydrogen-bond acceptors (Lipinski definition) is 4. The van der Waals surface area contributed by atoms with Gasteiger partial charge >= 0.3 is 0 Å². The van der Waals surface area contributed by atoms with Crippen LogP contribution in [-0.4, -0.2) is 48.3 Å². The number of nitrogens with zero attached hydrogens (tertiary/aromatic N) is 1. The molecule has 0 atom stereocenters. The van der Waals surface area contributed by atoms with Crippen LogP contribution in [0.3, 0.4) is 0 Å². The molecule has 0 radical (unpaired) electrons. The minimum atomic E-state index is -0.646.